The van der Waals surface area contributed by atoms with E-state index in [1.165, 1.54) is 12.1 Å². The number of hydrogen-bond donors (Lipinski definition) is 1. The van der Waals surface area contributed by atoms with Gasteiger partial charge >= 0.3 is 0 Å². The first-order chi connectivity index (χ1) is 5.00. The molecule has 0 spiro atoms. The second kappa shape index (κ2) is 3.06. The molecule has 1 rings (SSSR count). The summed E-state index contributed by atoms with van der Waals surface area (Å²) in [4.78, 5) is 0. The van der Waals surface area contributed by atoms with Gasteiger partial charge in [0.15, 0.2) is 0 Å². The minimum atomic E-state index is -0.911. The molecule has 0 aliphatic heterocycles. The Morgan fingerprint density at radius 1 is 1.36 bits per heavy atom. The summed E-state index contributed by atoms with van der Waals surface area (Å²) in [5.74, 6) is -0.283. The Hall–Kier alpha value is -0.160. The van der Waals surface area contributed by atoms with E-state index < -0.39 is 3.61 Å². The summed E-state index contributed by atoms with van der Waals surface area (Å²) < 4.78 is 11.5. The molecule has 0 saturated heterocycles. The molecule has 1 aromatic carbocycles. The predicted molar refractivity (Wildman–Crippen MR) is 50.0 cm³/mol. The summed E-state index contributed by atoms with van der Waals surface area (Å²) >= 11 is 1.89. The molecule has 1 N–H and O–H groups in total. The highest BCUT2D eigenvalue weighted by atomic mass is 127. The lowest BCUT2D eigenvalue weighted by molar-refractivity contribution is 0.178. The van der Waals surface area contributed by atoms with Gasteiger partial charge < -0.3 is 5.11 Å². The first-order valence-electron chi connectivity index (χ1n) is 3.17. The zero-order chi connectivity index (χ0) is 8.48. The van der Waals surface area contributed by atoms with Crippen LogP contribution in [0, 0.1) is 5.82 Å². The SMILES string of the molecule is C[C@](O)(I)c1ccc(F)cc1. The van der Waals surface area contributed by atoms with Gasteiger partial charge in [-0.1, -0.05) is 12.1 Å². The lowest BCUT2D eigenvalue weighted by atomic mass is 10.1. The predicted octanol–water partition coefficient (Wildman–Crippen LogP) is 2.43. The zero-order valence-corrected chi connectivity index (χ0v) is 8.17. The quantitative estimate of drug-likeness (QED) is 0.611. The molecule has 0 amide bonds. The maximum atomic E-state index is 12.4. The van der Waals surface area contributed by atoms with Crippen molar-refractivity contribution >= 4 is 22.6 Å². The summed E-state index contributed by atoms with van der Waals surface area (Å²) in [6, 6.07) is 5.81. The molecule has 0 fully saturated rings. The van der Waals surface area contributed by atoms with Crippen molar-refractivity contribution in [3.05, 3.63) is 35.6 Å². The van der Waals surface area contributed by atoms with Crippen molar-refractivity contribution in [2.75, 3.05) is 0 Å². The molecule has 1 atom stereocenters. The van der Waals surface area contributed by atoms with Crippen molar-refractivity contribution < 1.29 is 9.50 Å². The van der Waals surface area contributed by atoms with Crippen LogP contribution in [0.4, 0.5) is 4.39 Å². The molecule has 0 saturated carbocycles. The van der Waals surface area contributed by atoms with Gasteiger partial charge in [-0.25, -0.2) is 4.39 Å². The molecule has 0 radical (unpaired) electrons. The Balaban J connectivity index is 2.99. The third-order valence-electron chi connectivity index (χ3n) is 1.37. The fraction of sp³-hybridized carbons (Fsp3) is 0.250. The van der Waals surface area contributed by atoms with Gasteiger partial charge in [0.05, 0.1) is 0 Å². The molecule has 0 aromatic heterocycles. The van der Waals surface area contributed by atoms with E-state index in [9.17, 15) is 9.50 Å². The molecule has 60 valence electrons. The van der Waals surface area contributed by atoms with Gasteiger partial charge in [0.25, 0.3) is 0 Å². The van der Waals surface area contributed by atoms with Crippen LogP contribution in [-0.4, -0.2) is 5.11 Å². The van der Waals surface area contributed by atoms with E-state index in [4.69, 9.17) is 0 Å². The van der Waals surface area contributed by atoms with Gasteiger partial charge in [-0.3, -0.25) is 0 Å². The number of aliphatic hydroxyl groups is 1. The normalized spacial score (nSPS) is 16.0. The van der Waals surface area contributed by atoms with Gasteiger partial charge in [-0.15, -0.1) is 0 Å². The minimum absolute atomic E-state index is 0.283. The molecule has 1 nitrogen and oxygen atoms in total. The Bertz CT molecular complexity index is 237. The highest BCUT2D eigenvalue weighted by Gasteiger charge is 2.17. The average molecular weight is 266 g/mol. The van der Waals surface area contributed by atoms with Crippen molar-refractivity contribution in [3.63, 3.8) is 0 Å². The van der Waals surface area contributed by atoms with E-state index in [2.05, 4.69) is 0 Å². The molecule has 11 heavy (non-hydrogen) atoms. The van der Waals surface area contributed by atoms with Gasteiger partial charge in [0, 0.05) is 0 Å². The smallest absolute Gasteiger partial charge is 0.138 e. The maximum absolute atomic E-state index is 12.4. The van der Waals surface area contributed by atoms with E-state index >= 15 is 0 Å². The molecule has 0 bridgehead atoms. The van der Waals surface area contributed by atoms with E-state index in [0.717, 1.165) is 0 Å². The third kappa shape index (κ3) is 2.41. The minimum Gasteiger partial charge on any atom is -0.376 e. The van der Waals surface area contributed by atoms with E-state index in [0.29, 0.717) is 5.56 Å². The second-order valence-electron chi connectivity index (χ2n) is 2.46. The molecule has 0 aliphatic carbocycles. The summed E-state index contributed by atoms with van der Waals surface area (Å²) in [7, 11) is 0. The zero-order valence-electron chi connectivity index (χ0n) is 6.01. The Kier molecular flexibility index (Phi) is 2.49. The van der Waals surface area contributed by atoms with Gasteiger partial charge in [-0.2, -0.15) is 0 Å². The topological polar surface area (TPSA) is 20.2 Å². The number of benzene rings is 1. The summed E-state index contributed by atoms with van der Waals surface area (Å²) in [5, 5.41) is 9.44. The Morgan fingerprint density at radius 2 is 1.82 bits per heavy atom. The highest BCUT2D eigenvalue weighted by Crippen LogP contribution is 2.27. The third-order valence-corrected chi connectivity index (χ3v) is 1.99. The van der Waals surface area contributed by atoms with Crippen LogP contribution in [0.25, 0.3) is 0 Å². The first kappa shape index (κ1) is 8.93. The molecular formula is C8H8FIO. The van der Waals surface area contributed by atoms with Crippen LogP contribution in [0.2, 0.25) is 0 Å². The van der Waals surface area contributed by atoms with Gasteiger partial charge in [0.1, 0.15) is 9.43 Å². The fourth-order valence-corrected chi connectivity index (χ4v) is 1.11. The van der Waals surface area contributed by atoms with Crippen LogP contribution in [0.15, 0.2) is 24.3 Å². The van der Waals surface area contributed by atoms with Gasteiger partial charge in [-0.05, 0) is 47.2 Å². The van der Waals surface area contributed by atoms with Crippen molar-refractivity contribution in [3.8, 4) is 0 Å². The molecule has 3 heteroatoms. The standard InChI is InChI=1S/C8H8FIO/c1-8(10,11)6-2-4-7(9)5-3-6/h2-5,11H,1H3/t8-/m1/s1. The largest absolute Gasteiger partial charge is 0.376 e. The summed E-state index contributed by atoms with van der Waals surface area (Å²) in [6.07, 6.45) is 0. The second-order valence-corrected chi connectivity index (χ2v) is 4.56. The van der Waals surface area contributed by atoms with Crippen LogP contribution in [0.5, 0.6) is 0 Å². The van der Waals surface area contributed by atoms with Crippen LogP contribution >= 0.6 is 22.6 Å². The summed E-state index contributed by atoms with van der Waals surface area (Å²) in [6.45, 7) is 1.65. The number of halogens is 2. The fourth-order valence-electron chi connectivity index (χ4n) is 0.754. The van der Waals surface area contributed by atoms with E-state index in [-0.39, 0.29) is 5.82 Å². The van der Waals surface area contributed by atoms with Crippen molar-refractivity contribution in [2.24, 2.45) is 0 Å². The van der Waals surface area contributed by atoms with E-state index in [1.54, 1.807) is 19.1 Å². The average Bonchev–Trinajstić information content (AvgIpc) is 1.86. The Morgan fingerprint density at radius 3 is 2.18 bits per heavy atom. The summed E-state index contributed by atoms with van der Waals surface area (Å²) in [5.41, 5.74) is 0.708. The van der Waals surface area contributed by atoms with Crippen LogP contribution in [0.1, 0.15) is 12.5 Å². The highest BCUT2D eigenvalue weighted by molar-refractivity contribution is 14.1. The van der Waals surface area contributed by atoms with Crippen LogP contribution in [-0.2, 0) is 3.61 Å². The van der Waals surface area contributed by atoms with Gasteiger partial charge in [0.2, 0.25) is 0 Å². The first-order valence-corrected chi connectivity index (χ1v) is 4.25. The van der Waals surface area contributed by atoms with Crippen molar-refractivity contribution in [1.82, 2.24) is 0 Å². The van der Waals surface area contributed by atoms with Crippen molar-refractivity contribution in [1.29, 1.82) is 0 Å². The molecule has 0 unspecified atom stereocenters. The number of alkyl halides is 1. The lowest BCUT2D eigenvalue weighted by Crippen LogP contribution is -2.10. The van der Waals surface area contributed by atoms with Crippen LogP contribution in [0.3, 0.4) is 0 Å². The maximum Gasteiger partial charge on any atom is 0.138 e. The molecule has 0 heterocycles. The number of hydrogen-bond acceptors (Lipinski definition) is 1. The lowest BCUT2D eigenvalue weighted by Gasteiger charge is -2.14. The molecular weight excluding hydrogens is 258 g/mol. The van der Waals surface area contributed by atoms with Crippen molar-refractivity contribution in [2.45, 2.75) is 10.5 Å². The van der Waals surface area contributed by atoms with Crippen LogP contribution < -0.4 is 0 Å². The molecule has 0 aliphatic rings. The molecule has 1 aromatic rings. The Labute approximate surface area is 78.4 Å². The monoisotopic (exact) mass is 266 g/mol. The number of rotatable bonds is 1. The van der Waals surface area contributed by atoms with E-state index in [1.807, 2.05) is 22.6 Å².